The van der Waals surface area contributed by atoms with Crippen LogP contribution in [0.4, 0.5) is 4.39 Å². The molecule has 0 aliphatic heterocycles. The van der Waals surface area contributed by atoms with E-state index < -0.39 is 17.5 Å². The van der Waals surface area contributed by atoms with Crippen LogP contribution in [0, 0.1) is 5.82 Å². The number of aliphatic hydroxyl groups is 2. The van der Waals surface area contributed by atoms with Crippen molar-refractivity contribution < 1.29 is 14.6 Å². The van der Waals surface area contributed by atoms with Crippen LogP contribution >= 0.6 is 11.6 Å². The summed E-state index contributed by atoms with van der Waals surface area (Å²) in [4.78, 5) is 0. The highest BCUT2D eigenvalue weighted by Gasteiger charge is 2.38. The van der Waals surface area contributed by atoms with E-state index in [2.05, 4.69) is 10.3 Å². The number of halogens is 2. The minimum Gasteiger partial charge on any atom is -0.388 e. The zero-order chi connectivity index (χ0) is 15.7. The van der Waals surface area contributed by atoms with Crippen molar-refractivity contribution in [2.45, 2.75) is 43.9 Å². The molecule has 1 aromatic heterocycles. The average Bonchev–Trinajstić information content (AvgIpc) is 3.12. The molecular formula is C15H17ClFN3O2. The summed E-state index contributed by atoms with van der Waals surface area (Å²) in [6, 6.07) is 4.02. The lowest BCUT2D eigenvalue weighted by atomic mass is 9.95. The number of hydrogen-bond donors (Lipinski definition) is 2. The van der Waals surface area contributed by atoms with Gasteiger partial charge in [0.2, 0.25) is 0 Å². The van der Waals surface area contributed by atoms with E-state index >= 15 is 0 Å². The Kier molecular flexibility index (Phi) is 4.16. The molecule has 7 heteroatoms. The summed E-state index contributed by atoms with van der Waals surface area (Å²) in [6.07, 6.45) is 3.68. The first-order valence-corrected chi connectivity index (χ1v) is 7.62. The second-order valence-electron chi connectivity index (χ2n) is 5.78. The monoisotopic (exact) mass is 325 g/mol. The zero-order valence-electron chi connectivity index (χ0n) is 11.9. The summed E-state index contributed by atoms with van der Waals surface area (Å²) in [6.45, 7) is 0.135. The molecule has 1 atom stereocenters. The SMILES string of the molecule is OC(Cn1cc(-c2cc(F)ccc2Cl)nn1)C1(O)CCCC1. The van der Waals surface area contributed by atoms with Crippen LogP contribution in [-0.2, 0) is 6.54 Å². The van der Waals surface area contributed by atoms with Crippen LogP contribution in [0.15, 0.2) is 24.4 Å². The quantitative estimate of drug-likeness (QED) is 0.905. The van der Waals surface area contributed by atoms with Crippen molar-refractivity contribution in [1.29, 1.82) is 0 Å². The highest BCUT2D eigenvalue weighted by Crippen LogP contribution is 2.33. The van der Waals surface area contributed by atoms with Crippen molar-refractivity contribution in [3.63, 3.8) is 0 Å². The number of benzene rings is 1. The van der Waals surface area contributed by atoms with Crippen LogP contribution in [0.1, 0.15) is 25.7 Å². The molecule has 1 aliphatic rings. The summed E-state index contributed by atoms with van der Waals surface area (Å²) < 4.78 is 14.8. The molecule has 118 valence electrons. The lowest BCUT2D eigenvalue weighted by Crippen LogP contribution is -2.42. The summed E-state index contributed by atoms with van der Waals surface area (Å²) in [5.41, 5.74) is -0.181. The van der Waals surface area contributed by atoms with Gasteiger partial charge in [-0.1, -0.05) is 29.7 Å². The number of nitrogens with zero attached hydrogens (tertiary/aromatic N) is 3. The Morgan fingerprint density at radius 3 is 2.82 bits per heavy atom. The molecule has 0 amide bonds. The molecule has 1 unspecified atom stereocenters. The minimum absolute atomic E-state index is 0.135. The van der Waals surface area contributed by atoms with Gasteiger partial charge < -0.3 is 10.2 Å². The molecule has 0 saturated heterocycles. The normalized spacial score (nSPS) is 18.5. The molecular weight excluding hydrogens is 309 g/mol. The first-order valence-electron chi connectivity index (χ1n) is 7.24. The van der Waals surface area contributed by atoms with Gasteiger partial charge in [0, 0.05) is 5.56 Å². The van der Waals surface area contributed by atoms with Gasteiger partial charge in [0.1, 0.15) is 17.6 Å². The fourth-order valence-corrected chi connectivity index (χ4v) is 3.09. The van der Waals surface area contributed by atoms with Crippen LogP contribution in [0.25, 0.3) is 11.3 Å². The van der Waals surface area contributed by atoms with Crippen molar-refractivity contribution in [2.75, 3.05) is 0 Å². The van der Waals surface area contributed by atoms with Gasteiger partial charge in [-0.15, -0.1) is 5.10 Å². The number of aliphatic hydroxyl groups excluding tert-OH is 1. The maximum atomic E-state index is 13.3. The van der Waals surface area contributed by atoms with Gasteiger partial charge in [-0.05, 0) is 31.0 Å². The van der Waals surface area contributed by atoms with Crippen molar-refractivity contribution in [3.05, 3.63) is 35.2 Å². The Morgan fingerprint density at radius 2 is 2.09 bits per heavy atom. The van der Waals surface area contributed by atoms with Crippen molar-refractivity contribution >= 4 is 11.6 Å². The van der Waals surface area contributed by atoms with E-state index in [9.17, 15) is 14.6 Å². The Balaban J connectivity index is 1.78. The highest BCUT2D eigenvalue weighted by atomic mass is 35.5. The van der Waals surface area contributed by atoms with Crippen LogP contribution < -0.4 is 0 Å². The molecule has 3 rings (SSSR count). The third-order valence-electron chi connectivity index (χ3n) is 4.19. The topological polar surface area (TPSA) is 71.2 Å². The summed E-state index contributed by atoms with van der Waals surface area (Å²) in [5.74, 6) is -0.408. The lowest BCUT2D eigenvalue weighted by Gasteiger charge is -2.28. The van der Waals surface area contributed by atoms with E-state index in [0.717, 1.165) is 12.8 Å². The Morgan fingerprint density at radius 1 is 1.36 bits per heavy atom. The average molecular weight is 326 g/mol. The molecule has 1 heterocycles. The van der Waals surface area contributed by atoms with E-state index in [1.54, 1.807) is 6.20 Å². The number of aromatic nitrogens is 3. The smallest absolute Gasteiger partial charge is 0.123 e. The zero-order valence-corrected chi connectivity index (χ0v) is 12.7. The van der Waals surface area contributed by atoms with Gasteiger partial charge in [0.05, 0.1) is 23.4 Å². The lowest BCUT2D eigenvalue weighted by molar-refractivity contribution is -0.0778. The van der Waals surface area contributed by atoms with Crippen LogP contribution in [0.3, 0.4) is 0 Å². The number of rotatable bonds is 4. The third-order valence-corrected chi connectivity index (χ3v) is 4.52. The van der Waals surface area contributed by atoms with Gasteiger partial charge in [-0.25, -0.2) is 9.07 Å². The fraction of sp³-hybridized carbons (Fsp3) is 0.467. The van der Waals surface area contributed by atoms with E-state index in [4.69, 9.17) is 11.6 Å². The third kappa shape index (κ3) is 2.99. The first-order chi connectivity index (χ1) is 10.5. The largest absolute Gasteiger partial charge is 0.388 e. The molecule has 0 bridgehead atoms. The number of hydrogen-bond acceptors (Lipinski definition) is 4. The van der Waals surface area contributed by atoms with Gasteiger partial charge in [-0.2, -0.15) is 0 Å². The highest BCUT2D eigenvalue weighted by molar-refractivity contribution is 6.33. The molecule has 2 N–H and O–H groups in total. The molecule has 1 fully saturated rings. The molecule has 1 aliphatic carbocycles. The molecule has 0 radical (unpaired) electrons. The molecule has 5 nitrogen and oxygen atoms in total. The summed E-state index contributed by atoms with van der Waals surface area (Å²) in [5, 5.41) is 28.8. The summed E-state index contributed by atoms with van der Waals surface area (Å²) in [7, 11) is 0. The van der Waals surface area contributed by atoms with E-state index in [1.807, 2.05) is 0 Å². The fourth-order valence-electron chi connectivity index (χ4n) is 2.87. The Labute approximate surface area is 132 Å². The predicted octanol–water partition coefficient (Wildman–Crippen LogP) is 2.40. The van der Waals surface area contributed by atoms with Gasteiger partial charge in [-0.3, -0.25) is 0 Å². The molecule has 22 heavy (non-hydrogen) atoms. The van der Waals surface area contributed by atoms with Crippen molar-refractivity contribution in [3.8, 4) is 11.3 Å². The van der Waals surface area contributed by atoms with E-state index in [-0.39, 0.29) is 6.54 Å². The van der Waals surface area contributed by atoms with E-state index in [1.165, 1.54) is 22.9 Å². The Hall–Kier alpha value is -1.50. The first kappa shape index (κ1) is 15.4. The Bertz CT molecular complexity index is 671. The van der Waals surface area contributed by atoms with Crippen LogP contribution in [0.5, 0.6) is 0 Å². The van der Waals surface area contributed by atoms with Gasteiger partial charge >= 0.3 is 0 Å². The van der Waals surface area contributed by atoms with Crippen molar-refractivity contribution in [1.82, 2.24) is 15.0 Å². The van der Waals surface area contributed by atoms with Crippen LogP contribution in [0.2, 0.25) is 5.02 Å². The standard InChI is InChI=1S/C15H17ClFN3O2/c16-12-4-3-10(17)7-11(12)13-8-20(19-18-13)9-14(21)15(22)5-1-2-6-15/h3-4,7-8,14,21-22H,1-2,5-6,9H2. The van der Waals surface area contributed by atoms with Gasteiger partial charge in [0.15, 0.2) is 0 Å². The molecule has 1 aromatic carbocycles. The second-order valence-corrected chi connectivity index (χ2v) is 6.18. The van der Waals surface area contributed by atoms with E-state index in [0.29, 0.717) is 29.1 Å². The molecule has 2 aromatic rings. The maximum Gasteiger partial charge on any atom is 0.123 e. The van der Waals surface area contributed by atoms with Crippen LogP contribution in [-0.4, -0.2) is 36.9 Å². The molecule has 0 spiro atoms. The minimum atomic E-state index is -1.05. The maximum absolute atomic E-state index is 13.3. The second kappa shape index (κ2) is 5.95. The summed E-state index contributed by atoms with van der Waals surface area (Å²) >= 11 is 6.04. The van der Waals surface area contributed by atoms with Gasteiger partial charge in [0.25, 0.3) is 0 Å². The predicted molar refractivity (Wildman–Crippen MR) is 79.9 cm³/mol. The van der Waals surface area contributed by atoms with Crippen molar-refractivity contribution in [2.24, 2.45) is 0 Å². The molecule has 1 saturated carbocycles.